The summed E-state index contributed by atoms with van der Waals surface area (Å²) in [6, 6.07) is 0. The fourth-order valence-electron chi connectivity index (χ4n) is 2.42. The normalized spacial score (nSPS) is 17.0. The van der Waals surface area contributed by atoms with E-state index >= 15 is 0 Å². The molecule has 17 heavy (non-hydrogen) atoms. The molecule has 0 amide bonds. The van der Waals surface area contributed by atoms with Crippen molar-refractivity contribution < 1.29 is 9.53 Å². The second-order valence-corrected chi connectivity index (χ2v) is 5.00. The van der Waals surface area contributed by atoms with Gasteiger partial charge >= 0.3 is 5.97 Å². The third-order valence-electron chi connectivity index (χ3n) is 3.53. The van der Waals surface area contributed by atoms with Crippen molar-refractivity contribution in [2.75, 3.05) is 26.7 Å². The zero-order chi connectivity index (χ0) is 12.3. The van der Waals surface area contributed by atoms with Crippen molar-refractivity contribution in [2.24, 2.45) is 0 Å². The Hall–Kier alpha value is -0.570. The maximum atomic E-state index is 10.9. The average molecular weight is 241 g/mol. The standard InChI is InChI=1S/C14H27NO2/c1-17-14(16)10-6-3-2-4-7-11-15-12-8-5-9-13-15/h2-13H2,1H3. The molecule has 1 fully saturated rings. The molecule has 0 spiro atoms. The molecule has 0 bridgehead atoms. The van der Waals surface area contributed by atoms with E-state index in [1.54, 1.807) is 0 Å². The first-order valence-electron chi connectivity index (χ1n) is 7.12. The predicted octanol–water partition coefficient (Wildman–Crippen LogP) is 2.99. The maximum absolute atomic E-state index is 10.9. The van der Waals surface area contributed by atoms with Gasteiger partial charge in [0.1, 0.15) is 0 Å². The number of rotatable bonds is 8. The molecule has 1 heterocycles. The average Bonchev–Trinajstić information content (AvgIpc) is 2.38. The highest BCUT2D eigenvalue weighted by Crippen LogP contribution is 2.11. The highest BCUT2D eigenvalue weighted by atomic mass is 16.5. The van der Waals surface area contributed by atoms with Crippen molar-refractivity contribution in [1.29, 1.82) is 0 Å². The van der Waals surface area contributed by atoms with Crippen LogP contribution in [0.1, 0.15) is 57.8 Å². The van der Waals surface area contributed by atoms with Gasteiger partial charge in [-0.15, -0.1) is 0 Å². The highest BCUT2D eigenvalue weighted by Gasteiger charge is 2.08. The molecule has 0 aromatic carbocycles. The summed E-state index contributed by atoms with van der Waals surface area (Å²) in [6.45, 7) is 3.89. The lowest BCUT2D eigenvalue weighted by Gasteiger charge is -2.26. The van der Waals surface area contributed by atoms with Crippen LogP contribution in [0.15, 0.2) is 0 Å². The van der Waals surface area contributed by atoms with E-state index in [1.165, 1.54) is 65.3 Å². The van der Waals surface area contributed by atoms with Crippen molar-refractivity contribution in [1.82, 2.24) is 4.90 Å². The van der Waals surface area contributed by atoms with Crippen LogP contribution in [0, 0.1) is 0 Å². The van der Waals surface area contributed by atoms with Gasteiger partial charge < -0.3 is 9.64 Å². The van der Waals surface area contributed by atoms with Crippen molar-refractivity contribution in [2.45, 2.75) is 57.8 Å². The molecule has 1 aliphatic rings. The number of unbranched alkanes of at least 4 members (excludes halogenated alkanes) is 4. The van der Waals surface area contributed by atoms with Gasteiger partial charge in [-0.05, 0) is 45.3 Å². The van der Waals surface area contributed by atoms with Gasteiger partial charge in [-0.3, -0.25) is 4.79 Å². The molecule has 0 unspecified atom stereocenters. The number of hydrogen-bond acceptors (Lipinski definition) is 3. The summed E-state index contributed by atoms with van der Waals surface area (Å²) in [5, 5.41) is 0. The smallest absolute Gasteiger partial charge is 0.305 e. The van der Waals surface area contributed by atoms with E-state index in [4.69, 9.17) is 0 Å². The van der Waals surface area contributed by atoms with E-state index < -0.39 is 0 Å². The third kappa shape index (κ3) is 7.37. The SMILES string of the molecule is COC(=O)CCCCCCCN1CCCCC1. The number of carbonyl (C=O) groups is 1. The van der Waals surface area contributed by atoms with Crippen LogP contribution < -0.4 is 0 Å². The van der Waals surface area contributed by atoms with E-state index in [9.17, 15) is 4.79 Å². The van der Waals surface area contributed by atoms with E-state index in [1.807, 2.05) is 0 Å². The first kappa shape index (κ1) is 14.5. The summed E-state index contributed by atoms with van der Waals surface area (Å²) in [5.74, 6) is -0.0710. The van der Waals surface area contributed by atoms with Crippen LogP contribution in [0.5, 0.6) is 0 Å². The summed E-state index contributed by atoms with van der Waals surface area (Å²) in [4.78, 5) is 13.5. The summed E-state index contributed by atoms with van der Waals surface area (Å²) >= 11 is 0. The molecular weight excluding hydrogens is 214 g/mol. The molecule has 0 saturated carbocycles. The van der Waals surface area contributed by atoms with Crippen LogP contribution in [0.4, 0.5) is 0 Å². The van der Waals surface area contributed by atoms with Crippen LogP contribution in [-0.2, 0) is 9.53 Å². The summed E-state index contributed by atoms with van der Waals surface area (Å²) < 4.78 is 4.61. The Balaban J connectivity index is 1.82. The molecule has 0 aromatic heterocycles. The van der Waals surface area contributed by atoms with Crippen LogP contribution in [0.25, 0.3) is 0 Å². The van der Waals surface area contributed by atoms with Crippen molar-refractivity contribution in [3.63, 3.8) is 0 Å². The van der Waals surface area contributed by atoms with Crippen molar-refractivity contribution in [3.8, 4) is 0 Å². The minimum absolute atomic E-state index is 0.0710. The first-order chi connectivity index (χ1) is 8.33. The van der Waals surface area contributed by atoms with E-state index in [-0.39, 0.29) is 5.97 Å². The fraction of sp³-hybridized carbons (Fsp3) is 0.929. The lowest BCUT2D eigenvalue weighted by Crippen LogP contribution is -2.30. The number of methoxy groups -OCH3 is 1. The minimum atomic E-state index is -0.0710. The number of hydrogen-bond donors (Lipinski definition) is 0. The molecule has 1 rings (SSSR count). The maximum Gasteiger partial charge on any atom is 0.305 e. The number of piperidine rings is 1. The van der Waals surface area contributed by atoms with Crippen LogP contribution >= 0.6 is 0 Å². The van der Waals surface area contributed by atoms with E-state index in [0.29, 0.717) is 6.42 Å². The lowest BCUT2D eigenvalue weighted by molar-refractivity contribution is -0.140. The van der Waals surface area contributed by atoms with Gasteiger partial charge in [-0.1, -0.05) is 25.7 Å². The van der Waals surface area contributed by atoms with Gasteiger partial charge in [-0.25, -0.2) is 0 Å². The molecular formula is C14H27NO2. The molecule has 1 saturated heterocycles. The second-order valence-electron chi connectivity index (χ2n) is 5.00. The summed E-state index contributed by atoms with van der Waals surface area (Å²) in [7, 11) is 1.46. The lowest BCUT2D eigenvalue weighted by atomic mass is 10.1. The summed E-state index contributed by atoms with van der Waals surface area (Å²) in [5.41, 5.74) is 0. The van der Waals surface area contributed by atoms with Gasteiger partial charge in [-0.2, -0.15) is 0 Å². The highest BCUT2D eigenvalue weighted by molar-refractivity contribution is 5.68. The molecule has 0 radical (unpaired) electrons. The number of esters is 1. The first-order valence-corrected chi connectivity index (χ1v) is 7.12. The minimum Gasteiger partial charge on any atom is -0.469 e. The second kappa shape index (κ2) is 9.46. The van der Waals surface area contributed by atoms with Gasteiger partial charge in [0, 0.05) is 6.42 Å². The van der Waals surface area contributed by atoms with E-state index in [2.05, 4.69) is 9.64 Å². The number of likely N-dealkylation sites (tertiary alicyclic amines) is 1. The molecule has 1 aliphatic heterocycles. The van der Waals surface area contributed by atoms with Crippen molar-refractivity contribution >= 4 is 5.97 Å². The molecule has 0 aromatic rings. The quantitative estimate of drug-likeness (QED) is 0.483. The Labute approximate surface area is 106 Å². The number of nitrogens with zero attached hydrogens (tertiary/aromatic N) is 1. The summed E-state index contributed by atoms with van der Waals surface area (Å²) in [6.07, 6.45) is 10.8. The Kier molecular flexibility index (Phi) is 8.06. The van der Waals surface area contributed by atoms with E-state index in [0.717, 1.165) is 12.8 Å². The predicted molar refractivity (Wildman–Crippen MR) is 70.0 cm³/mol. The van der Waals surface area contributed by atoms with Gasteiger partial charge in [0.2, 0.25) is 0 Å². The van der Waals surface area contributed by atoms with Crippen molar-refractivity contribution in [3.05, 3.63) is 0 Å². The molecule has 0 atom stereocenters. The molecule has 0 aliphatic carbocycles. The third-order valence-corrected chi connectivity index (χ3v) is 3.53. The number of ether oxygens (including phenoxy) is 1. The topological polar surface area (TPSA) is 29.5 Å². The van der Waals surface area contributed by atoms with Gasteiger partial charge in [0.25, 0.3) is 0 Å². The fourth-order valence-corrected chi connectivity index (χ4v) is 2.42. The van der Waals surface area contributed by atoms with Gasteiger partial charge in [0.15, 0.2) is 0 Å². The molecule has 3 heteroatoms. The Morgan fingerprint density at radius 3 is 2.35 bits per heavy atom. The number of carbonyl (C=O) groups excluding carboxylic acids is 1. The largest absolute Gasteiger partial charge is 0.469 e. The monoisotopic (exact) mass is 241 g/mol. The van der Waals surface area contributed by atoms with Gasteiger partial charge in [0.05, 0.1) is 7.11 Å². The van der Waals surface area contributed by atoms with Crippen LogP contribution in [0.2, 0.25) is 0 Å². The Morgan fingerprint density at radius 1 is 1.00 bits per heavy atom. The Morgan fingerprint density at radius 2 is 1.65 bits per heavy atom. The zero-order valence-electron chi connectivity index (χ0n) is 11.2. The molecule has 100 valence electrons. The molecule has 3 nitrogen and oxygen atoms in total. The van der Waals surface area contributed by atoms with Crippen LogP contribution in [-0.4, -0.2) is 37.6 Å². The zero-order valence-corrected chi connectivity index (χ0v) is 11.2. The molecule has 0 N–H and O–H groups in total. The van der Waals surface area contributed by atoms with Crippen LogP contribution in [0.3, 0.4) is 0 Å². The Bertz CT molecular complexity index is 200.